The van der Waals surface area contributed by atoms with Crippen LogP contribution in [0, 0.1) is 5.41 Å². The van der Waals surface area contributed by atoms with E-state index in [1.165, 1.54) is 0 Å². The number of nitrogens with one attached hydrogen (secondary N) is 1. The lowest BCUT2D eigenvalue weighted by molar-refractivity contribution is 0.254. The molecule has 0 bridgehead atoms. The highest BCUT2D eigenvalue weighted by Crippen LogP contribution is 2.19. The molecule has 1 aromatic rings. The zero-order valence-electron chi connectivity index (χ0n) is 10.9. The molecule has 5 heteroatoms. The molecule has 0 atom stereocenters. The third kappa shape index (κ3) is 5.24. The number of halogens is 1. The Kier molecular flexibility index (Phi) is 4.60. The summed E-state index contributed by atoms with van der Waals surface area (Å²) in [6.07, 6.45) is 0. The molecule has 1 rings (SSSR count). The van der Waals surface area contributed by atoms with E-state index in [2.05, 4.69) is 43.1 Å². The fourth-order valence-corrected chi connectivity index (χ4v) is 2.07. The van der Waals surface area contributed by atoms with Gasteiger partial charge in [0.2, 0.25) is 0 Å². The Morgan fingerprint density at radius 3 is 2.59 bits per heavy atom. The van der Waals surface area contributed by atoms with Gasteiger partial charge in [0.25, 0.3) is 0 Å². The van der Waals surface area contributed by atoms with Crippen LogP contribution in [0.5, 0.6) is 0 Å². The Bertz CT molecular complexity index is 357. The van der Waals surface area contributed by atoms with Gasteiger partial charge in [-0.05, 0) is 25.6 Å². The molecule has 0 saturated carbocycles. The Morgan fingerprint density at radius 1 is 1.41 bits per heavy atom. The number of nitrogen functional groups attached to an aromatic ring is 1. The molecule has 4 nitrogen and oxygen atoms in total. The van der Waals surface area contributed by atoms with Gasteiger partial charge in [0, 0.05) is 24.8 Å². The number of pyridine rings is 1. The molecule has 0 aliphatic carbocycles. The van der Waals surface area contributed by atoms with Gasteiger partial charge in [-0.2, -0.15) is 0 Å². The Morgan fingerprint density at radius 2 is 2.06 bits per heavy atom. The van der Waals surface area contributed by atoms with Gasteiger partial charge in [0.05, 0.1) is 0 Å². The highest BCUT2D eigenvalue weighted by molar-refractivity contribution is 6.29. The minimum atomic E-state index is 0.155. The molecule has 1 heterocycles. The molecule has 17 heavy (non-hydrogen) atoms. The fraction of sp³-hybridized carbons (Fsp3) is 0.583. The van der Waals surface area contributed by atoms with Crippen molar-refractivity contribution in [3.63, 3.8) is 0 Å². The minimum absolute atomic E-state index is 0.155. The molecule has 0 aliphatic heterocycles. The zero-order valence-corrected chi connectivity index (χ0v) is 11.7. The molecule has 0 fully saturated rings. The first-order chi connectivity index (χ1) is 7.78. The van der Waals surface area contributed by atoms with Gasteiger partial charge < -0.3 is 16.0 Å². The van der Waals surface area contributed by atoms with Gasteiger partial charge in [-0.3, -0.25) is 0 Å². The van der Waals surface area contributed by atoms with Crippen molar-refractivity contribution in [3.8, 4) is 0 Å². The SMILES string of the molecule is CN(C)CC(C)(C)CNc1cc(N)cc(Cl)n1. The van der Waals surface area contributed by atoms with E-state index in [0.29, 0.717) is 10.8 Å². The van der Waals surface area contributed by atoms with Crippen molar-refractivity contribution < 1.29 is 0 Å². The molecule has 0 saturated heterocycles. The standard InChI is InChI=1S/C12H21ClN4/c1-12(2,8-17(3)4)7-15-11-6-9(14)5-10(13)16-11/h5-6H,7-8H2,1-4H3,(H3,14,15,16). The Hall–Kier alpha value is -1.00. The summed E-state index contributed by atoms with van der Waals surface area (Å²) in [4.78, 5) is 6.35. The molecule has 3 N–H and O–H groups in total. The number of aromatic nitrogens is 1. The normalized spacial score (nSPS) is 11.9. The topological polar surface area (TPSA) is 54.2 Å². The number of hydrogen-bond donors (Lipinski definition) is 2. The van der Waals surface area contributed by atoms with E-state index in [1.54, 1.807) is 12.1 Å². The van der Waals surface area contributed by atoms with Crippen LogP contribution in [0.15, 0.2) is 12.1 Å². The molecule has 1 aromatic heterocycles. The maximum atomic E-state index is 5.85. The van der Waals surface area contributed by atoms with Gasteiger partial charge in [-0.15, -0.1) is 0 Å². The minimum Gasteiger partial charge on any atom is -0.399 e. The number of rotatable bonds is 5. The molecule has 0 aliphatic rings. The van der Waals surface area contributed by atoms with E-state index in [9.17, 15) is 0 Å². The Labute approximate surface area is 108 Å². The second kappa shape index (κ2) is 5.56. The summed E-state index contributed by atoms with van der Waals surface area (Å²) in [5.41, 5.74) is 6.48. The first-order valence-electron chi connectivity index (χ1n) is 5.60. The molecule has 0 radical (unpaired) electrons. The molecule has 96 valence electrons. The lowest BCUT2D eigenvalue weighted by Crippen LogP contribution is -2.34. The van der Waals surface area contributed by atoms with E-state index in [-0.39, 0.29) is 5.41 Å². The predicted molar refractivity (Wildman–Crippen MR) is 74.5 cm³/mol. The van der Waals surface area contributed by atoms with Crippen molar-refractivity contribution in [2.75, 3.05) is 38.2 Å². The molecule has 0 aromatic carbocycles. The highest BCUT2D eigenvalue weighted by atomic mass is 35.5. The smallest absolute Gasteiger partial charge is 0.133 e. The predicted octanol–water partition coefficient (Wildman–Crippen LogP) is 2.32. The van der Waals surface area contributed by atoms with Crippen LogP contribution in [-0.2, 0) is 0 Å². The van der Waals surface area contributed by atoms with Crippen LogP contribution < -0.4 is 11.1 Å². The first-order valence-corrected chi connectivity index (χ1v) is 5.98. The van der Waals surface area contributed by atoms with Crippen LogP contribution in [0.1, 0.15) is 13.8 Å². The molecule has 0 spiro atoms. The maximum Gasteiger partial charge on any atom is 0.133 e. The average Bonchev–Trinajstić information content (AvgIpc) is 2.11. The lowest BCUT2D eigenvalue weighted by Gasteiger charge is -2.28. The van der Waals surface area contributed by atoms with Crippen molar-refractivity contribution in [3.05, 3.63) is 17.3 Å². The third-order valence-corrected chi connectivity index (χ3v) is 2.50. The van der Waals surface area contributed by atoms with E-state index < -0.39 is 0 Å². The van der Waals surface area contributed by atoms with Crippen molar-refractivity contribution in [2.45, 2.75) is 13.8 Å². The number of nitrogens with two attached hydrogens (primary N) is 1. The van der Waals surface area contributed by atoms with E-state index in [0.717, 1.165) is 18.9 Å². The molecular formula is C12H21ClN4. The molecule has 0 amide bonds. The largest absolute Gasteiger partial charge is 0.399 e. The molecular weight excluding hydrogens is 236 g/mol. The van der Waals surface area contributed by atoms with Crippen molar-refractivity contribution in [1.82, 2.24) is 9.88 Å². The summed E-state index contributed by atoms with van der Waals surface area (Å²) in [5, 5.41) is 3.68. The van der Waals surface area contributed by atoms with Gasteiger partial charge in [0.1, 0.15) is 11.0 Å². The van der Waals surface area contributed by atoms with Crippen LogP contribution >= 0.6 is 11.6 Å². The van der Waals surface area contributed by atoms with Gasteiger partial charge in [-0.25, -0.2) is 4.98 Å². The van der Waals surface area contributed by atoms with E-state index in [4.69, 9.17) is 17.3 Å². The summed E-state index contributed by atoms with van der Waals surface area (Å²) < 4.78 is 0. The van der Waals surface area contributed by atoms with Gasteiger partial charge in [-0.1, -0.05) is 25.4 Å². The number of nitrogens with zero attached hydrogens (tertiary/aromatic N) is 2. The van der Waals surface area contributed by atoms with Crippen molar-refractivity contribution in [1.29, 1.82) is 0 Å². The van der Waals surface area contributed by atoms with Crippen LogP contribution in [0.3, 0.4) is 0 Å². The summed E-state index contributed by atoms with van der Waals surface area (Å²) in [6, 6.07) is 3.43. The van der Waals surface area contributed by atoms with Crippen LogP contribution in [0.25, 0.3) is 0 Å². The number of hydrogen-bond acceptors (Lipinski definition) is 4. The second-order valence-electron chi connectivity index (χ2n) is 5.36. The zero-order chi connectivity index (χ0) is 13.1. The third-order valence-electron chi connectivity index (χ3n) is 2.31. The van der Waals surface area contributed by atoms with Crippen LogP contribution in [0.4, 0.5) is 11.5 Å². The fourth-order valence-electron chi connectivity index (χ4n) is 1.85. The maximum absolute atomic E-state index is 5.85. The summed E-state index contributed by atoms with van der Waals surface area (Å²) in [5.74, 6) is 0.724. The summed E-state index contributed by atoms with van der Waals surface area (Å²) in [6.45, 7) is 6.22. The van der Waals surface area contributed by atoms with Crippen molar-refractivity contribution in [2.24, 2.45) is 5.41 Å². The average molecular weight is 257 g/mol. The second-order valence-corrected chi connectivity index (χ2v) is 5.75. The van der Waals surface area contributed by atoms with Crippen LogP contribution in [0.2, 0.25) is 5.15 Å². The summed E-state index contributed by atoms with van der Waals surface area (Å²) in [7, 11) is 4.13. The lowest BCUT2D eigenvalue weighted by atomic mass is 9.93. The van der Waals surface area contributed by atoms with E-state index >= 15 is 0 Å². The summed E-state index contributed by atoms with van der Waals surface area (Å²) >= 11 is 5.85. The first kappa shape index (κ1) is 14.1. The van der Waals surface area contributed by atoms with E-state index in [1.807, 2.05) is 0 Å². The number of anilines is 2. The highest BCUT2D eigenvalue weighted by Gasteiger charge is 2.18. The van der Waals surface area contributed by atoms with Gasteiger partial charge >= 0.3 is 0 Å². The van der Waals surface area contributed by atoms with Gasteiger partial charge in [0.15, 0.2) is 0 Å². The Balaban J connectivity index is 2.60. The van der Waals surface area contributed by atoms with Crippen LogP contribution in [-0.4, -0.2) is 37.1 Å². The quantitative estimate of drug-likeness (QED) is 0.794. The van der Waals surface area contributed by atoms with Crippen molar-refractivity contribution >= 4 is 23.1 Å². The monoisotopic (exact) mass is 256 g/mol. The molecule has 0 unspecified atom stereocenters.